The van der Waals surface area contributed by atoms with Crippen molar-refractivity contribution in [1.82, 2.24) is 4.57 Å². The average Bonchev–Trinajstić information content (AvgIpc) is 2.86. The van der Waals surface area contributed by atoms with Crippen LogP contribution >= 0.6 is 0 Å². The lowest BCUT2D eigenvalue weighted by Gasteiger charge is -2.14. The second-order valence-electron chi connectivity index (χ2n) is 6.33. The van der Waals surface area contributed by atoms with Gasteiger partial charge in [0.2, 0.25) is 0 Å². The molecule has 0 atom stereocenters. The van der Waals surface area contributed by atoms with Gasteiger partial charge in [0, 0.05) is 23.5 Å². The molecule has 0 unspecified atom stereocenters. The predicted octanol–water partition coefficient (Wildman–Crippen LogP) is 1.81. The van der Waals surface area contributed by atoms with Gasteiger partial charge in [0.1, 0.15) is 15.5 Å². The molecule has 0 aliphatic carbocycles. The highest BCUT2D eigenvalue weighted by atomic mass is 32.2. The monoisotopic (exact) mass is 439 g/mol. The van der Waals surface area contributed by atoms with Crippen molar-refractivity contribution in [3.63, 3.8) is 0 Å². The summed E-state index contributed by atoms with van der Waals surface area (Å²) < 4.78 is 67.9. The lowest BCUT2D eigenvalue weighted by Crippen LogP contribution is -2.18. The summed E-state index contributed by atoms with van der Waals surface area (Å²) in [6, 6.07) is 7.28. The van der Waals surface area contributed by atoms with Crippen LogP contribution in [0, 0.1) is 6.92 Å². The van der Waals surface area contributed by atoms with Gasteiger partial charge in [-0.1, -0.05) is 18.2 Å². The first-order valence-electron chi connectivity index (χ1n) is 8.06. The van der Waals surface area contributed by atoms with Gasteiger partial charge in [-0.15, -0.1) is 0 Å². The number of hydrogen-bond donors (Lipinski definition) is 4. The fourth-order valence-corrected chi connectivity index (χ4v) is 4.59. The second-order valence-corrected chi connectivity index (χ2v) is 9.08. The molecule has 5 N–H and O–H groups in total. The van der Waals surface area contributed by atoms with Gasteiger partial charge in [0.05, 0.1) is 11.4 Å². The van der Waals surface area contributed by atoms with Crippen molar-refractivity contribution < 1.29 is 30.7 Å². The van der Waals surface area contributed by atoms with Crippen LogP contribution in [-0.2, 0) is 27.3 Å². The minimum atomic E-state index is -4.89. The molecule has 0 radical (unpaired) electrons. The number of amides is 1. The third-order valence-electron chi connectivity index (χ3n) is 4.56. The standard InChI is InChI=1S/C17H17N3O7S2/c1-9-12(18)8-14(20(9)2)17(21)19-13-7-6-10-11(16(13)29(25,26)27)4-3-5-15(10)28(22,23)24/h3-8H,18H2,1-2H3,(H,19,21)(H,22,23,24)(H,25,26,27). The number of benzene rings is 2. The minimum Gasteiger partial charge on any atom is -0.397 e. The zero-order chi connectivity index (χ0) is 21.7. The van der Waals surface area contributed by atoms with E-state index in [1.807, 2.05) is 0 Å². The van der Waals surface area contributed by atoms with Crippen LogP contribution in [0.4, 0.5) is 11.4 Å². The Morgan fingerprint density at radius 3 is 2.21 bits per heavy atom. The summed E-state index contributed by atoms with van der Waals surface area (Å²) in [4.78, 5) is 11.4. The zero-order valence-electron chi connectivity index (χ0n) is 15.2. The molecule has 3 aromatic rings. The first kappa shape index (κ1) is 20.8. The Balaban J connectivity index is 2.23. The van der Waals surface area contributed by atoms with E-state index in [0.717, 1.165) is 12.1 Å². The Hall–Kier alpha value is -2.93. The number of nitrogens with two attached hydrogens (primary N) is 1. The summed E-state index contributed by atoms with van der Waals surface area (Å²) >= 11 is 0. The van der Waals surface area contributed by atoms with E-state index in [9.17, 15) is 30.7 Å². The number of hydrogen-bond acceptors (Lipinski definition) is 6. The Bertz CT molecular complexity index is 1370. The van der Waals surface area contributed by atoms with Crippen LogP contribution < -0.4 is 11.1 Å². The number of nitrogen functional groups attached to an aromatic ring is 1. The van der Waals surface area contributed by atoms with E-state index < -0.39 is 35.9 Å². The molecule has 0 aliphatic heterocycles. The van der Waals surface area contributed by atoms with Gasteiger partial charge in [-0.2, -0.15) is 16.8 Å². The zero-order valence-corrected chi connectivity index (χ0v) is 16.9. The van der Waals surface area contributed by atoms with Crippen LogP contribution in [0.25, 0.3) is 10.8 Å². The molecule has 2 aromatic carbocycles. The molecule has 0 spiro atoms. The molecule has 0 saturated heterocycles. The van der Waals surface area contributed by atoms with E-state index in [1.165, 1.54) is 28.8 Å². The number of carbonyl (C=O) groups is 1. The Labute approximate surface area is 166 Å². The fraction of sp³-hybridized carbons (Fsp3) is 0.118. The molecule has 1 aromatic heterocycles. The minimum absolute atomic E-state index is 0.139. The summed E-state index contributed by atoms with van der Waals surface area (Å²) in [7, 11) is -7.94. The van der Waals surface area contributed by atoms with Gasteiger partial charge >= 0.3 is 0 Å². The molecule has 1 heterocycles. The van der Waals surface area contributed by atoms with Crippen LogP contribution in [0.5, 0.6) is 0 Å². The predicted molar refractivity (Wildman–Crippen MR) is 106 cm³/mol. The van der Waals surface area contributed by atoms with Gasteiger partial charge in [-0.25, -0.2) is 0 Å². The molecule has 1 amide bonds. The van der Waals surface area contributed by atoms with Gasteiger partial charge < -0.3 is 15.6 Å². The fourth-order valence-electron chi connectivity index (χ4n) is 3.03. The van der Waals surface area contributed by atoms with Gasteiger partial charge in [-0.3, -0.25) is 13.9 Å². The van der Waals surface area contributed by atoms with Crippen LogP contribution in [0.3, 0.4) is 0 Å². The highest BCUT2D eigenvalue weighted by Gasteiger charge is 2.25. The van der Waals surface area contributed by atoms with Gasteiger partial charge in [0.15, 0.2) is 0 Å². The third kappa shape index (κ3) is 3.70. The topological polar surface area (TPSA) is 169 Å². The summed E-state index contributed by atoms with van der Waals surface area (Å²) in [6.45, 7) is 1.70. The van der Waals surface area contributed by atoms with Crippen molar-refractivity contribution in [3.05, 3.63) is 47.8 Å². The summed E-state index contributed by atoms with van der Waals surface area (Å²) in [6.07, 6.45) is 0. The van der Waals surface area contributed by atoms with Crippen LogP contribution in [0.1, 0.15) is 16.2 Å². The van der Waals surface area contributed by atoms with Crippen molar-refractivity contribution in [2.24, 2.45) is 7.05 Å². The SMILES string of the molecule is Cc1c(N)cc(C(=O)Nc2ccc3c(S(=O)(=O)O)cccc3c2S(=O)(=O)O)n1C. The molecule has 0 aliphatic rings. The first-order chi connectivity index (χ1) is 13.3. The molecular formula is C17H17N3O7S2. The maximum absolute atomic E-state index is 12.6. The average molecular weight is 439 g/mol. The molecule has 0 bridgehead atoms. The number of nitrogens with one attached hydrogen (secondary N) is 1. The quantitative estimate of drug-likeness (QED) is 0.446. The van der Waals surface area contributed by atoms with E-state index in [2.05, 4.69) is 5.32 Å². The highest BCUT2D eigenvalue weighted by Crippen LogP contribution is 2.34. The smallest absolute Gasteiger partial charge is 0.297 e. The van der Waals surface area contributed by atoms with Crippen LogP contribution in [-0.4, -0.2) is 36.4 Å². The van der Waals surface area contributed by atoms with E-state index >= 15 is 0 Å². The Morgan fingerprint density at radius 1 is 1.03 bits per heavy atom. The number of rotatable bonds is 4. The van der Waals surface area contributed by atoms with E-state index in [-0.39, 0.29) is 22.2 Å². The maximum Gasteiger partial charge on any atom is 0.297 e. The van der Waals surface area contributed by atoms with E-state index in [0.29, 0.717) is 11.4 Å². The molecule has 154 valence electrons. The van der Waals surface area contributed by atoms with Crippen molar-refractivity contribution in [3.8, 4) is 0 Å². The number of carbonyl (C=O) groups excluding carboxylic acids is 1. The summed E-state index contributed by atoms with van der Waals surface area (Å²) in [5.74, 6) is -0.692. The van der Waals surface area contributed by atoms with Gasteiger partial charge in [0.25, 0.3) is 26.1 Å². The lowest BCUT2D eigenvalue weighted by molar-refractivity contribution is 0.101. The van der Waals surface area contributed by atoms with Crippen LogP contribution in [0.2, 0.25) is 0 Å². The van der Waals surface area contributed by atoms with E-state index in [4.69, 9.17) is 5.73 Å². The molecule has 3 rings (SSSR count). The molecule has 0 saturated carbocycles. The Morgan fingerprint density at radius 2 is 1.69 bits per heavy atom. The number of nitrogens with zero attached hydrogens (tertiary/aromatic N) is 1. The summed E-state index contributed by atoms with van der Waals surface area (Å²) in [5.41, 5.74) is 6.66. The molecule has 12 heteroatoms. The van der Waals surface area contributed by atoms with Crippen molar-refractivity contribution in [2.75, 3.05) is 11.1 Å². The molecule has 10 nitrogen and oxygen atoms in total. The first-order valence-corrected chi connectivity index (χ1v) is 10.9. The number of fused-ring (bicyclic) bond motifs is 1. The molecule has 29 heavy (non-hydrogen) atoms. The van der Waals surface area contributed by atoms with Gasteiger partial charge in [-0.05, 0) is 25.1 Å². The second kappa shape index (κ2) is 6.84. The molecular weight excluding hydrogens is 422 g/mol. The van der Waals surface area contributed by atoms with E-state index in [1.54, 1.807) is 14.0 Å². The molecule has 0 fully saturated rings. The lowest BCUT2D eigenvalue weighted by atomic mass is 10.1. The van der Waals surface area contributed by atoms with Crippen molar-refractivity contribution in [2.45, 2.75) is 16.7 Å². The summed E-state index contributed by atoms with van der Waals surface area (Å²) in [5, 5.41) is 2.07. The number of aromatic nitrogens is 1. The van der Waals surface area contributed by atoms with Crippen molar-refractivity contribution >= 4 is 48.3 Å². The number of anilines is 2. The maximum atomic E-state index is 12.6. The largest absolute Gasteiger partial charge is 0.397 e. The van der Waals surface area contributed by atoms with Crippen LogP contribution in [0.15, 0.2) is 46.2 Å². The third-order valence-corrected chi connectivity index (χ3v) is 6.43. The normalized spacial score (nSPS) is 12.3. The van der Waals surface area contributed by atoms with Crippen molar-refractivity contribution in [1.29, 1.82) is 0 Å². The highest BCUT2D eigenvalue weighted by molar-refractivity contribution is 7.86. The Kier molecular flexibility index (Phi) is 4.91.